The van der Waals surface area contributed by atoms with E-state index >= 15 is 0 Å². The Balaban J connectivity index is 0.981. The molecular formula is C88H60N2. The zero-order chi connectivity index (χ0) is 59.7. The molecule has 0 aromatic heterocycles. The van der Waals surface area contributed by atoms with Gasteiger partial charge in [0.05, 0.1) is 11.4 Å². The Kier molecular flexibility index (Phi) is 14.0. The van der Waals surface area contributed by atoms with Crippen molar-refractivity contribution in [2.75, 3.05) is 9.80 Å². The van der Waals surface area contributed by atoms with Gasteiger partial charge in [-0.25, -0.2) is 0 Å². The van der Waals surface area contributed by atoms with Crippen molar-refractivity contribution in [3.05, 3.63) is 364 Å². The van der Waals surface area contributed by atoms with Gasteiger partial charge in [-0.2, -0.15) is 0 Å². The average Bonchev–Trinajstić information content (AvgIpc) is 0.785. The molecule has 16 aromatic carbocycles. The van der Waals surface area contributed by atoms with Crippen LogP contribution < -0.4 is 9.80 Å². The average molecular weight is 1150 g/mol. The highest BCUT2D eigenvalue weighted by atomic mass is 15.2. The Morgan fingerprint density at radius 3 is 0.511 bits per heavy atom. The van der Waals surface area contributed by atoms with Gasteiger partial charge >= 0.3 is 0 Å². The molecule has 0 aliphatic carbocycles. The van der Waals surface area contributed by atoms with E-state index in [0.717, 1.165) is 134 Å². The summed E-state index contributed by atoms with van der Waals surface area (Å²) < 4.78 is 0. The van der Waals surface area contributed by atoms with E-state index in [-0.39, 0.29) is 0 Å². The van der Waals surface area contributed by atoms with Crippen molar-refractivity contribution in [3.63, 3.8) is 0 Å². The summed E-state index contributed by atoms with van der Waals surface area (Å²) in [7, 11) is 0. The summed E-state index contributed by atoms with van der Waals surface area (Å²) in [4.78, 5) is 5.05. The van der Waals surface area contributed by atoms with E-state index in [0.29, 0.717) is 0 Å². The fourth-order valence-corrected chi connectivity index (χ4v) is 13.4. The first-order valence-electron chi connectivity index (χ1n) is 30.9. The van der Waals surface area contributed by atoms with Crippen LogP contribution in [-0.4, -0.2) is 0 Å². The van der Waals surface area contributed by atoms with Crippen LogP contribution in [0, 0.1) is 0 Å². The molecule has 0 aliphatic heterocycles. The molecule has 0 saturated heterocycles. The van der Waals surface area contributed by atoms with Gasteiger partial charge < -0.3 is 9.80 Å². The van der Waals surface area contributed by atoms with Gasteiger partial charge in [0.2, 0.25) is 0 Å². The second-order valence-electron chi connectivity index (χ2n) is 23.3. The first-order chi connectivity index (χ1) is 44.6. The highest BCUT2D eigenvalue weighted by Crippen LogP contribution is 2.51. The van der Waals surface area contributed by atoms with Gasteiger partial charge in [0.15, 0.2) is 0 Å². The molecule has 422 valence electrons. The second-order valence-corrected chi connectivity index (χ2v) is 23.3. The van der Waals surface area contributed by atoms with Gasteiger partial charge in [-0.3, -0.25) is 0 Å². The lowest BCUT2D eigenvalue weighted by Gasteiger charge is -2.31. The van der Waals surface area contributed by atoms with E-state index in [1.165, 1.54) is 21.5 Å². The molecule has 0 bridgehead atoms. The van der Waals surface area contributed by atoms with E-state index in [1.54, 1.807) is 0 Å². The van der Waals surface area contributed by atoms with Crippen molar-refractivity contribution in [2.45, 2.75) is 0 Å². The SMILES string of the molecule is c1ccc(-c2cc(-c3ccccc3)cc(N(c3cc(-c4ccccc4)cc(-c4ccccc4)c3)c3ccc4ccc5c(N(c6cc(-c7ccccc7)cc(-c7ccccc7)c6)c6cc(-c7ccccc7)cc(-c7ccccc7)c6)ccc6ccc3c4c65)c2)cc1. The van der Waals surface area contributed by atoms with Crippen molar-refractivity contribution in [2.24, 2.45) is 0 Å². The Labute approximate surface area is 526 Å². The van der Waals surface area contributed by atoms with Crippen LogP contribution in [0.4, 0.5) is 34.1 Å². The number of hydrogen-bond donors (Lipinski definition) is 0. The topological polar surface area (TPSA) is 6.48 Å². The number of hydrogen-bond acceptors (Lipinski definition) is 2. The third kappa shape index (κ3) is 10.3. The quantitative estimate of drug-likeness (QED) is 0.100. The molecule has 0 radical (unpaired) electrons. The van der Waals surface area contributed by atoms with Crippen LogP contribution in [0.3, 0.4) is 0 Å². The maximum atomic E-state index is 2.53. The summed E-state index contributed by atoms with van der Waals surface area (Å²) in [5, 5.41) is 7.09. The number of rotatable bonds is 14. The van der Waals surface area contributed by atoms with Gasteiger partial charge in [0.1, 0.15) is 0 Å². The van der Waals surface area contributed by atoms with Crippen LogP contribution >= 0.6 is 0 Å². The highest BCUT2D eigenvalue weighted by molar-refractivity contribution is 6.28. The summed E-state index contributed by atoms with van der Waals surface area (Å²) in [6, 6.07) is 134. The van der Waals surface area contributed by atoms with Gasteiger partial charge in [0.25, 0.3) is 0 Å². The lowest BCUT2D eigenvalue weighted by Crippen LogP contribution is -2.12. The zero-order valence-electron chi connectivity index (χ0n) is 49.5. The van der Waals surface area contributed by atoms with E-state index in [2.05, 4.69) is 374 Å². The summed E-state index contributed by atoms with van der Waals surface area (Å²) in [6.45, 7) is 0. The van der Waals surface area contributed by atoms with Crippen LogP contribution in [0.2, 0.25) is 0 Å². The molecular weight excluding hydrogens is 1080 g/mol. The normalized spacial score (nSPS) is 11.3. The van der Waals surface area contributed by atoms with E-state index < -0.39 is 0 Å². The molecule has 0 saturated carbocycles. The van der Waals surface area contributed by atoms with Crippen LogP contribution in [0.5, 0.6) is 0 Å². The third-order valence-electron chi connectivity index (χ3n) is 17.7. The number of benzene rings is 16. The van der Waals surface area contributed by atoms with Crippen LogP contribution in [0.1, 0.15) is 0 Å². The predicted octanol–water partition coefficient (Wildman–Crippen LogP) is 24.9. The molecule has 0 fully saturated rings. The minimum atomic E-state index is 1.06. The van der Waals surface area contributed by atoms with E-state index in [4.69, 9.17) is 0 Å². The fraction of sp³-hybridized carbons (Fsp3) is 0. The van der Waals surface area contributed by atoms with Crippen molar-refractivity contribution < 1.29 is 0 Å². The molecule has 0 spiro atoms. The first kappa shape index (κ1) is 53.6. The van der Waals surface area contributed by atoms with Crippen LogP contribution in [0.15, 0.2) is 364 Å². The molecule has 2 heteroatoms. The van der Waals surface area contributed by atoms with Gasteiger partial charge in [-0.1, -0.05) is 279 Å². The molecule has 90 heavy (non-hydrogen) atoms. The maximum Gasteiger partial charge on any atom is 0.0540 e. The predicted molar refractivity (Wildman–Crippen MR) is 383 cm³/mol. The van der Waals surface area contributed by atoms with Gasteiger partial charge in [-0.05, 0) is 195 Å². The monoisotopic (exact) mass is 1140 g/mol. The van der Waals surface area contributed by atoms with Crippen LogP contribution in [-0.2, 0) is 0 Å². The first-order valence-corrected chi connectivity index (χ1v) is 30.9. The van der Waals surface area contributed by atoms with Crippen LogP contribution in [0.25, 0.3) is 121 Å². The summed E-state index contributed by atoms with van der Waals surface area (Å²) >= 11 is 0. The largest absolute Gasteiger partial charge is 0.310 e. The molecule has 0 aliphatic rings. The summed E-state index contributed by atoms with van der Waals surface area (Å²) in [5.74, 6) is 0. The third-order valence-corrected chi connectivity index (χ3v) is 17.7. The van der Waals surface area contributed by atoms with Gasteiger partial charge in [-0.15, -0.1) is 0 Å². The van der Waals surface area contributed by atoms with E-state index in [9.17, 15) is 0 Å². The Morgan fingerprint density at radius 2 is 0.322 bits per heavy atom. The smallest absolute Gasteiger partial charge is 0.0540 e. The Bertz CT molecular complexity index is 4380. The molecule has 16 aromatic rings. The highest BCUT2D eigenvalue weighted by Gasteiger charge is 2.25. The molecule has 2 nitrogen and oxygen atoms in total. The van der Waals surface area contributed by atoms with Crippen molar-refractivity contribution in [3.8, 4) is 89.0 Å². The Morgan fingerprint density at radius 1 is 0.144 bits per heavy atom. The van der Waals surface area contributed by atoms with Crippen molar-refractivity contribution in [1.29, 1.82) is 0 Å². The fourth-order valence-electron chi connectivity index (χ4n) is 13.4. The molecule has 16 rings (SSSR count). The standard InChI is InChI=1S/C88H60N2/c1-9-25-61(26-10-1)71-49-72(62-27-11-2-12-28-62)54-79(53-71)89(80-55-73(63-29-13-3-14-30-63)50-74(56-80)64-31-15-4-16-32-64)85-47-43-69-42-46-84-86(48-44-70-41-45-83(85)87(69)88(70)84)90(81-57-75(65-33-17-5-18-34-65)51-76(58-81)66-35-19-6-20-36-66)82-59-77(67-37-21-7-22-38-67)52-78(60-82)68-39-23-8-24-40-68/h1-60H. The molecule has 0 amide bonds. The molecule has 0 unspecified atom stereocenters. The molecule has 0 N–H and O–H groups in total. The second kappa shape index (κ2) is 23.4. The summed E-state index contributed by atoms with van der Waals surface area (Å²) in [6.07, 6.45) is 0. The molecule has 0 atom stereocenters. The summed E-state index contributed by atoms with van der Waals surface area (Å²) in [5.41, 5.74) is 24.7. The minimum Gasteiger partial charge on any atom is -0.310 e. The maximum absolute atomic E-state index is 2.53. The molecule has 0 heterocycles. The minimum absolute atomic E-state index is 1.06. The van der Waals surface area contributed by atoms with Gasteiger partial charge in [0, 0.05) is 33.5 Å². The Hall–Kier alpha value is -11.8. The van der Waals surface area contributed by atoms with Crippen molar-refractivity contribution >= 4 is 66.4 Å². The van der Waals surface area contributed by atoms with E-state index in [1.807, 2.05) is 0 Å². The zero-order valence-corrected chi connectivity index (χ0v) is 49.5. The number of anilines is 6. The lowest BCUT2D eigenvalue weighted by molar-refractivity contribution is 1.30. The lowest BCUT2D eigenvalue weighted by atomic mass is 9.90. The number of nitrogens with zero attached hydrogens (tertiary/aromatic N) is 2. The van der Waals surface area contributed by atoms with Crippen molar-refractivity contribution in [1.82, 2.24) is 0 Å².